The molecule has 1 aliphatic carbocycles. The number of nitro benzene ring substituents is 2. The zero-order chi connectivity index (χ0) is 22.1. The van der Waals surface area contributed by atoms with Crippen molar-refractivity contribution in [2.24, 2.45) is 16.8 Å². The van der Waals surface area contributed by atoms with Crippen molar-refractivity contribution in [3.05, 3.63) is 85.5 Å². The number of nitrogens with zero attached hydrogens (tertiary/aromatic N) is 4. The lowest BCUT2D eigenvalue weighted by molar-refractivity contribution is -0.385. The maximum Gasteiger partial charge on any atom is 0.335 e. The first-order valence-corrected chi connectivity index (χ1v) is 9.72. The number of hydrogen-bond acceptors (Lipinski definition) is 6. The molecule has 0 spiro atoms. The maximum atomic E-state index is 12.1. The van der Waals surface area contributed by atoms with Crippen molar-refractivity contribution in [2.45, 2.75) is 25.3 Å². The van der Waals surface area contributed by atoms with Crippen LogP contribution in [0.25, 0.3) is 6.08 Å². The van der Waals surface area contributed by atoms with E-state index in [1.165, 1.54) is 29.3 Å². The lowest BCUT2D eigenvalue weighted by Gasteiger charge is -2.28. The average molecular weight is 421 g/mol. The van der Waals surface area contributed by atoms with Gasteiger partial charge in [-0.1, -0.05) is 12.1 Å². The number of fused-ring (bicyclic) bond motifs is 1. The molecular formula is C21H19N5O5. The highest BCUT2D eigenvalue weighted by Gasteiger charge is 2.43. The number of allylic oxidation sites excluding steroid dienone is 1. The number of non-ortho nitro benzene ring substituents is 2. The van der Waals surface area contributed by atoms with Crippen LogP contribution in [0.3, 0.4) is 0 Å². The molecular weight excluding hydrogens is 402 g/mol. The second-order valence-corrected chi connectivity index (χ2v) is 7.48. The maximum absolute atomic E-state index is 12.1. The highest BCUT2D eigenvalue weighted by molar-refractivity contribution is 6.08. The fourth-order valence-corrected chi connectivity index (χ4v) is 4.20. The summed E-state index contributed by atoms with van der Waals surface area (Å²) in [5, 5.41) is 27.6. The Hall–Kier alpha value is -4.08. The molecule has 1 aliphatic heterocycles. The molecule has 158 valence electrons. The molecule has 31 heavy (non-hydrogen) atoms. The van der Waals surface area contributed by atoms with Crippen molar-refractivity contribution >= 4 is 29.2 Å². The quantitative estimate of drug-likeness (QED) is 0.581. The third-order valence-electron chi connectivity index (χ3n) is 5.62. The number of carbonyl (C=O) groups is 1. The Morgan fingerprint density at radius 2 is 1.61 bits per heavy atom. The number of hydrogen-bond donors (Lipinski definition) is 1. The van der Waals surface area contributed by atoms with Crippen molar-refractivity contribution in [2.75, 3.05) is 0 Å². The van der Waals surface area contributed by atoms with Gasteiger partial charge in [-0.3, -0.25) is 20.2 Å². The van der Waals surface area contributed by atoms with Crippen molar-refractivity contribution in [1.82, 2.24) is 5.01 Å². The summed E-state index contributed by atoms with van der Waals surface area (Å²) in [6, 6.07) is 11.2. The average Bonchev–Trinajstić information content (AvgIpc) is 3.15. The smallest absolute Gasteiger partial charge is 0.335 e. The largest absolute Gasteiger partial charge is 0.350 e. The van der Waals surface area contributed by atoms with E-state index in [9.17, 15) is 25.0 Å². The summed E-state index contributed by atoms with van der Waals surface area (Å²) in [4.78, 5) is 33.0. The first kappa shape index (κ1) is 20.2. The zero-order valence-corrected chi connectivity index (χ0v) is 16.4. The van der Waals surface area contributed by atoms with Crippen LogP contribution in [0, 0.1) is 26.1 Å². The first-order chi connectivity index (χ1) is 14.8. The van der Waals surface area contributed by atoms with Gasteiger partial charge in [0, 0.05) is 30.2 Å². The Kier molecular flexibility index (Phi) is 5.20. The molecule has 2 aromatic rings. The Balaban J connectivity index is 1.68. The zero-order valence-electron chi connectivity index (χ0n) is 16.4. The van der Waals surface area contributed by atoms with Crippen LogP contribution in [0.5, 0.6) is 0 Å². The number of rotatable bonds is 4. The van der Waals surface area contributed by atoms with E-state index in [1.807, 2.05) is 6.08 Å². The van der Waals surface area contributed by atoms with E-state index in [2.05, 4.69) is 5.10 Å². The van der Waals surface area contributed by atoms with Crippen LogP contribution in [0.1, 0.15) is 36.4 Å². The molecule has 0 bridgehead atoms. The summed E-state index contributed by atoms with van der Waals surface area (Å²) in [6.45, 7) is 0. The van der Waals surface area contributed by atoms with Crippen molar-refractivity contribution in [3.63, 3.8) is 0 Å². The van der Waals surface area contributed by atoms with Gasteiger partial charge in [-0.05, 0) is 54.2 Å². The third kappa shape index (κ3) is 3.87. The fourth-order valence-electron chi connectivity index (χ4n) is 4.20. The van der Waals surface area contributed by atoms with Crippen LogP contribution in [0.2, 0.25) is 0 Å². The van der Waals surface area contributed by atoms with Gasteiger partial charge in [-0.25, -0.2) is 9.80 Å². The predicted molar refractivity (Wildman–Crippen MR) is 113 cm³/mol. The summed E-state index contributed by atoms with van der Waals surface area (Å²) in [5.41, 5.74) is 8.80. The number of hydrazone groups is 1. The van der Waals surface area contributed by atoms with E-state index in [0.29, 0.717) is 0 Å². The van der Waals surface area contributed by atoms with E-state index in [-0.39, 0.29) is 17.3 Å². The van der Waals surface area contributed by atoms with Gasteiger partial charge in [0.15, 0.2) is 0 Å². The number of urea groups is 1. The van der Waals surface area contributed by atoms with Gasteiger partial charge >= 0.3 is 6.03 Å². The number of nitro groups is 2. The molecule has 2 aromatic carbocycles. The van der Waals surface area contributed by atoms with Gasteiger partial charge in [0.25, 0.3) is 11.4 Å². The molecule has 1 fully saturated rings. The number of amides is 2. The van der Waals surface area contributed by atoms with Crippen LogP contribution in [-0.2, 0) is 0 Å². The van der Waals surface area contributed by atoms with Crippen molar-refractivity contribution < 1.29 is 14.6 Å². The van der Waals surface area contributed by atoms with Gasteiger partial charge in [0.05, 0.1) is 21.6 Å². The molecule has 0 saturated heterocycles. The molecule has 0 unspecified atom stereocenters. The lowest BCUT2D eigenvalue weighted by atomic mass is 9.77. The van der Waals surface area contributed by atoms with Crippen molar-refractivity contribution in [1.29, 1.82) is 0 Å². The molecule has 0 radical (unpaired) electrons. The molecule has 10 heteroatoms. The second-order valence-electron chi connectivity index (χ2n) is 7.48. The number of nitrogens with two attached hydrogens (primary N) is 1. The molecule has 10 nitrogen and oxygen atoms in total. The number of primary amides is 1. The minimum Gasteiger partial charge on any atom is -0.350 e. The SMILES string of the molecule is NC(=O)N1N=C2/C(=C/c3ccc([N+](=O)[O-])cc3)CCC[C@H]2[C@@H]1c1ccc([N+](=O)[O-])cc1. The van der Waals surface area contributed by atoms with Crippen LogP contribution < -0.4 is 5.73 Å². The van der Waals surface area contributed by atoms with Gasteiger partial charge in [-0.2, -0.15) is 5.10 Å². The minimum absolute atomic E-state index is 0.0139. The third-order valence-corrected chi connectivity index (χ3v) is 5.62. The predicted octanol–water partition coefficient (Wildman–Crippen LogP) is 4.18. The number of carbonyl (C=O) groups excluding carboxylic acids is 1. The highest BCUT2D eigenvalue weighted by atomic mass is 16.6. The summed E-state index contributed by atoms with van der Waals surface area (Å²) in [5.74, 6) is -0.0907. The fraction of sp³-hybridized carbons (Fsp3) is 0.238. The topological polar surface area (TPSA) is 145 Å². The Morgan fingerprint density at radius 1 is 1.03 bits per heavy atom. The van der Waals surface area contributed by atoms with Crippen LogP contribution in [0.4, 0.5) is 16.2 Å². The van der Waals surface area contributed by atoms with E-state index in [1.54, 1.807) is 24.3 Å². The monoisotopic (exact) mass is 421 g/mol. The van der Waals surface area contributed by atoms with Gasteiger partial charge in [-0.15, -0.1) is 0 Å². The van der Waals surface area contributed by atoms with Crippen LogP contribution >= 0.6 is 0 Å². The molecule has 2 aliphatic rings. The second kappa shape index (κ2) is 7.98. The molecule has 2 amide bonds. The van der Waals surface area contributed by atoms with Gasteiger partial charge in [0.1, 0.15) is 0 Å². The molecule has 0 aromatic heterocycles. The van der Waals surface area contributed by atoms with E-state index < -0.39 is 21.9 Å². The van der Waals surface area contributed by atoms with E-state index in [0.717, 1.165) is 41.7 Å². The van der Waals surface area contributed by atoms with Crippen LogP contribution in [0.15, 0.2) is 59.2 Å². The summed E-state index contributed by atoms with van der Waals surface area (Å²) in [6.07, 6.45) is 4.35. The Labute approximate surface area is 177 Å². The lowest BCUT2D eigenvalue weighted by Crippen LogP contribution is -2.35. The van der Waals surface area contributed by atoms with E-state index in [4.69, 9.17) is 5.73 Å². The van der Waals surface area contributed by atoms with Crippen LogP contribution in [-0.4, -0.2) is 26.6 Å². The Morgan fingerprint density at radius 3 is 2.16 bits per heavy atom. The molecule has 2 atom stereocenters. The summed E-state index contributed by atoms with van der Waals surface area (Å²) in [7, 11) is 0. The Bertz CT molecular complexity index is 1110. The standard InChI is InChI=1S/C21H19N5O5/c22-21(27)24-20(14-6-10-17(11-7-14)26(30)31)18-3-1-2-15(19(18)23-24)12-13-4-8-16(9-5-13)25(28)29/h4-12,18,20H,1-3H2,(H2,22,27)/b15-12+/t18-,20+/m1/s1. The molecule has 1 heterocycles. The van der Waals surface area contributed by atoms with Gasteiger partial charge in [0.2, 0.25) is 0 Å². The van der Waals surface area contributed by atoms with Gasteiger partial charge < -0.3 is 5.73 Å². The van der Waals surface area contributed by atoms with Crippen molar-refractivity contribution in [3.8, 4) is 0 Å². The normalized spacial score (nSPS) is 21.5. The number of benzene rings is 2. The first-order valence-electron chi connectivity index (χ1n) is 9.72. The minimum atomic E-state index is -0.695. The molecule has 2 N–H and O–H groups in total. The summed E-state index contributed by atoms with van der Waals surface area (Å²) < 4.78 is 0. The van der Waals surface area contributed by atoms with E-state index >= 15 is 0 Å². The summed E-state index contributed by atoms with van der Waals surface area (Å²) >= 11 is 0. The molecule has 4 rings (SSSR count). The highest BCUT2D eigenvalue weighted by Crippen LogP contribution is 2.44. The molecule has 1 saturated carbocycles.